The second kappa shape index (κ2) is 5.82. The number of rotatable bonds is 4. The van der Waals surface area contributed by atoms with Gasteiger partial charge in [0.15, 0.2) is 6.10 Å². The molecule has 2 aromatic rings. The lowest BCUT2D eigenvalue weighted by atomic mass is 10.1. The molecule has 0 aliphatic rings. The first-order chi connectivity index (χ1) is 8.97. The Kier molecular flexibility index (Phi) is 4.34. The van der Waals surface area contributed by atoms with Gasteiger partial charge in [0.25, 0.3) is 0 Å². The van der Waals surface area contributed by atoms with Gasteiger partial charge in [-0.05, 0) is 42.0 Å². The number of aliphatic hydroxyl groups excluding tert-OH is 1. The molecule has 0 saturated heterocycles. The van der Waals surface area contributed by atoms with Crippen LogP contribution in [0.25, 0.3) is 10.8 Å². The number of benzene rings is 2. The third kappa shape index (κ3) is 3.41. The minimum atomic E-state index is -1.37. The van der Waals surface area contributed by atoms with Crippen molar-refractivity contribution in [3.8, 4) is 0 Å². The molecule has 2 N–H and O–H groups in total. The molecule has 0 saturated carbocycles. The van der Waals surface area contributed by atoms with E-state index in [1.807, 2.05) is 36.4 Å². The molecule has 19 heavy (non-hydrogen) atoms. The van der Waals surface area contributed by atoms with E-state index < -0.39 is 17.3 Å². The van der Waals surface area contributed by atoms with Gasteiger partial charge in [-0.2, -0.15) is 0 Å². The Morgan fingerprint density at radius 1 is 1.21 bits per heavy atom. The van der Waals surface area contributed by atoms with Crippen LogP contribution in [0, 0.1) is 0 Å². The highest BCUT2D eigenvalue weighted by atomic mass is 35.5. The average Bonchev–Trinajstić information content (AvgIpc) is 2.37. The number of halogens is 1. The summed E-state index contributed by atoms with van der Waals surface area (Å²) in [5.74, 6) is -1.20. The predicted molar refractivity (Wildman–Crippen MR) is 77.9 cm³/mol. The molecule has 2 aromatic carbocycles. The predicted octanol–water partition coefficient (Wildman–Crippen LogP) is 3.42. The van der Waals surface area contributed by atoms with Gasteiger partial charge < -0.3 is 10.2 Å². The zero-order chi connectivity index (χ0) is 14.0. The molecule has 0 spiro atoms. The molecule has 3 nitrogen and oxygen atoms in total. The van der Waals surface area contributed by atoms with Crippen LogP contribution in [0.15, 0.2) is 41.3 Å². The Morgan fingerprint density at radius 2 is 1.84 bits per heavy atom. The lowest BCUT2D eigenvalue weighted by Crippen LogP contribution is -2.29. The molecule has 2 rings (SSSR count). The van der Waals surface area contributed by atoms with E-state index in [1.54, 1.807) is 6.92 Å². The fraction of sp³-hybridized carbons (Fsp3) is 0.214. The van der Waals surface area contributed by atoms with Crippen LogP contribution in [0.4, 0.5) is 0 Å². The summed E-state index contributed by atoms with van der Waals surface area (Å²) in [4.78, 5) is 11.6. The summed E-state index contributed by atoms with van der Waals surface area (Å²) in [6.07, 6.45) is -1.37. The summed E-state index contributed by atoms with van der Waals surface area (Å²) in [5, 5.41) is 20.6. The van der Waals surface area contributed by atoms with Crippen LogP contribution in [0.3, 0.4) is 0 Å². The van der Waals surface area contributed by atoms with Crippen molar-refractivity contribution >= 4 is 40.1 Å². The summed E-state index contributed by atoms with van der Waals surface area (Å²) < 4.78 is 0. The lowest BCUT2D eigenvalue weighted by molar-refractivity contribution is -0.146. The van der Waals surface area contributed by atoms with Crippen molar-refractivity contribution in [2.24, 2.45) is 0 Å². The van der Waals surface area contributed by atoms with Gasteiger partial charge in [0.05, 0.1) is 0 Å². The van der Waals surface area contributed by atoms with Crippen molar-refractivity contribution in [2.45, 2.75) is 23.2 Å². The standard InChI is InChI=1S/C14H13ClO3S/c1-8(13(16)14(17)18)19-12-5-3-9-6-11(15)4-2-10(9)7-12/h2-8,13,16H,1H3,(H,17,18)/t8?,13-/m0/s1. The van der Waals surface area contributed by atoms with E-state index in [0.29, 0.717) is 5.02 Å². The zero-order valence-electron chi connectivity index (χ0n) is 10.2. The van der Waals surface area contributed by atoms with Crippen LogP contribution < -0.4 is 0 Å². The quantitative estimate of drug-likeness (QED) is 0.849. The van der Waals surface area contributed by atoms with E-state index in [2.05, 4.69) is 0 Å². The number of carboxylic acid groups (broad SMARTS) is 1. The fourth-order valence-corrected chi connectivity index (χ4v) is 2.94. The van der Waals surface area contributed by atoms with Crippen molar-refractivity contribution in [3.63, 3.8) is 0 Å². The molecule has 1 unspecified atom stereocenters. The van der Waals surface area contributed by atoms with Gasteiger partial charge in [-0.1, -0.05) is 23.7 Å². The highest BCUT2D eigenvalue weighted by molar-refractivity contribution is 8.00. The molecule has 2 atom stereocenters. The number of fused-ring (bicyclic) bond motifs is 1. The molecule has 100 valence electrons. The van der Waals surface area contributed by atoms with E-state index in [0.717, 1.165) is 15.7 Å². The van der Waals surface area contributed by atoms with E-state index in [-0.39, 0.29) is 0 Å². The molecule has 5 heteroatoms. The first-order valence-corrected chi connectivity index (χ1v) is 7.00. The highest BCUT2D eigenvalue weighted by Crippen LogP contribution is 2.29. The maximum Gasteiger partial charge on any atom is 0.333 e. The molecule has 0 amide bonds. The second-order valence-corrected chi connectivity index (χ2v) is 6.15. The fourth-order valence-electron chi connectivity index (χ4n) is 1.75. The van der Waals surface area contributed by atoms with E-state index in [4.69, 9.17) is 16.7 Å². The van der Waals surface area contributed by atoms with Crippen LogP contribution in [-0.4, -0.2) is 27.5 Å². The lowest BCUT2D eigenvalue weighted by Gasteiger charge is -2.14. The number of carbonyl (C=O) groups is 1. The zero-order valence-corrected chi connectivity index (χ0v) is 11.8. The number of thioether (sulfide) groups is 1. The van der Waals surface area contributed by atoms with Gasteiger partial charge >= 0.3 is 5.97 Å². The normalized spacial score (nSPS) is 14.3. The topological polar surface area (TPSA) is 57.5 Å². The molecule has 0 fully saturated rings. The monoisotopic (exact) mass is 296 g/mol. The van der Waals surface area contributed by atoms with Crippen molar-refractivity contribution < 1.29 is 15.0 Å². The van der Waals surface area contributed by atoms with Gasteiger partial charge in [0.2, 0.25) is 0 Å². The summed E-state index contributed by atoms with van der Waals surface area (Å²) in [6.45, 7) is 1.69. The Balaban J connectivity index is 2.22. The van der Waals surface area contributed by atoms with Gasteiger partial charge in [-0.25, -0.2) is 4.79 Å². The number of hydrogen-bond acceptors (Lipinski definition) is 3. The summed E-state index contributed by atoms with van der Waals surface area (Å²) in [6, 6.07) is 11.4. The van der Waals surface area contributed by atoms with Crippen LogP contribution in [0.1, 0.15) is 6.92 Å². The summed E-state index contributed by atoms with van der Waals surface area (Å²) in [5.41, 5.74) is 0. The Hall–Kier alpha value is -1.23. The molecule has 0 aliphatic heterocycles. The average molecular weight is 297 g/mol. The smallest absolute Gasteiger partial charge is 0.333 e. The van der Waals surface area contributed by atoms with Gasteiger partial charge in [0.1, 0.15) is 0 Å². The SMILES string of the molecule is CC(Sc1ccc2cc(Cl)ccc2c1)[C@H](O)C(=O)O. The maximum atomic E-state index is 10.7. The van der Waals surface area contributed by atoms with E-state index in [9.17, 15) is 9.90 Å². The Morgan fingerprint density at radius 3 is 2.53 bits per heavy atom. The van der Waals surface area contributed by atoms with Crippen LogP contribution >= 0.6 is 23.4 Å². The van der Waals surface area contributed by atoms with Crippen LogP contribution in [0.5, 0.6) is 0 Å². The molecule has 0 radical (unpaired) electrons. The summed E-state index contributed by atoms with van der Waals surface area (Å²) in [7, 11) is 0. The van der Waals surface area contributed by atoms with Crippen molar-refractivity contribution in [1.82, 2.24) is 0 Å². The molecule has 0 aromatic heterocycles. The van der Waals surface area contributed by atoms with Gasteiger partial charge in [-0.15, -0.1) is 11.8 Å². The molecule has 0 aliphatic carbocycles. The minimum Gasteiger partial charge on any atom is -0.479 e. The van der Waals surface area contributed by atoms with E-state index in [1.165, 1.54) is 11.8 Å². The first kappa shape index (κ1) is 14.2. The Bertz CT molecular complexity index is 615. The number of aliphatic carboxylic acids is 1. The molecule has 0 heterocycles. The third-order valence-electron chi connectivity index (χ3n) is 2.79. The minimum absolute atomic E-state index is 0.415. The van der Waals surface area contributed by atoms with Crippen molar-refractivity contribution in [2.75, 3.05) is 0 Å². The Labute approximate surface area is 120 Å². The highest BCUT2D eigenvalue weighted by Gasteiger charge is 2.22. The van der Waals surface area contributed by atoms with Gasteiger partial charge in [-0.3, -0.25) is 0 Å². The molecular formula is C14H13ClO3S. The van der Waals surface area contributed by atoms with Crippen LogP contribution in [0.2, 0.25) is 5.02 Å². The van der Waals surface area contributed by atoms with Gasteiger partial charge in [0, 0.05) is 15.2 Å². The largest absolute Gasteiger partial charge is 0.479 e. The third-order valence-corrected chi connectivity index (χ3v) is 4.18. The van der Waals surface area contributed by atoms with E-state index >= 15 is 0 Å². The number of aliphatic hydroxyl groups is 1. The number of carboxylic acids is 1. The maximum absolute atomic E-state index is 10.7. The van der Waals surface area contributed by atoms with Crippen molar-refractivity contribution in [1.29, 1.82) is 0 Å². The first-order valence-electron chi connectivity index (χ1n) is 5.74. The molecule has 0 bridgehead atoms. The van der Waals surface area contributed by atoms with Crippen molar-refractivity contribution in [3.05, 3.63) is 41.4 Å². The molecular weight excluding hydrogens is 284 g/mol. The van der Waals surface area contributed by atoms with Crippen LogP contribution in [-0.2, 0) is 4.79 Å². The summed E-state index contributed by atoms with van der Waals surface area (Å²) >= 11 is 7.25. The number of hydrogen-bond donors (Lipinski definition) is 2. The second-order valence-electron chi connectivity index (χ2n) is 4.26.